The molecule has 1 saturated heterocycles. The minimum Gasteiger partial charge on any atom is -0.508 e. The van der Waals surface area contributed by atoms with Gasteiger partial charge in [0.1, 0.15) is 5.75 Å². The van der Waals surface area contributed by atoms with Crippen LogP contribution in [0.5, 0.6) is 5.75 Å². The molecule has 1 aromatic carbocycles. The molecule has 2 aliphatic rings. The molecule has 0 saturated carbocycles. The van der Waals surface area contributed by atoms with Crippen molar-refractivity contribution in [1.29, 1.82) is 0 Å². The summed E-state index contributed by atoms with van der Waals surface area (Å²) in [5.41, 5.74) is 3.70. The molecule has 0 spiro atoms. The molecule has 3 N–H and O–H groups in total. The molecule has 0 bridgehead atoms. The number of nitrogens with one attached hydrogen (secondary N) is 2. The van der Waals surface area contributed by atoms with Crippen molar-refractivity contribution in [2.24, 2.45) is 4.99 Å². The lowest BCUT2D eigenvalue weighted by Gasteiger charge is -2.21. The minimum atomic E-state index is 0.264. The lowest BCUT2D eigenvalue weighted by Crippen LogP contribution is -2.38. The monoisotopic (exact) mass is 361 g/mol. The first-order valence-electron chi connectivity index (χ1n) is 9.74. The summed E-state index contributed by atoms with van der Waals surface area (Å²) in [7, 11) is 1.77. The van der Waals surface area contributed by atoms with Gasteiger partial charge in [0.05, 0.1) is 12.7 Å². The predicted octanol–water partition coefficient (Wildman–Crippen LogP) is 2.13. The van der Waals surface area contributed by atoms with E-state index >= 15 is 0 Å². The molecule has 0 amide bonds. The summed E-state index contributed by atoms with van der Waals surface area (Å²) in [6, 6.07) is 3.89. The number of nitrogens with zero attached hydrogens (tertiary/aromatic N) is 1. The number of hydrogen-bond donors (Lipinski definition) is 3. The van der Waals surface area contributed by atoms with Gasteiger partial charge in [0, 0.05) is 38.9 Å². The maximum absolute atomic E-state index is 10.3. The third kappa shape index (κ3) is 5.11. The highest BCUT2D eigenvalue weighted by atomic mass is 16.5. The van der Waals surface area contributed by atoms with Gasteiger partial charge in [-0.15, -0.1) is 0 Å². The SMILES string of the molecule is CN=C(NCCCOC1CCOC1)NCc1c(O)ccc2c1CCCC2. The number of fused-ring (bicyclic) bond motifs is 1. The van der Waals surface area contributed by atoms with Crippen molar-refractivity contribution in [3.63, 3.8) is 0 Å². The van der Waals surface area contributed by atoms with Gasteiger partial charge >= 0.3 is 0 Å². The molecule has 1 aliphatic carbocycles. The maximum Gasteiger partial charge on any atom is 0.191 e. The van der Waals surface area contributed by atoms with Crippen LogP contribution in [0.15, 0.2) is 17.1 Å². The van der Waals surface area contributed by atoms with Crippen molar-refractivity contribution in [3.05, 3.63) is 28.8 Å². The number of benzene rings is 1. The molecular weight excluding hydrogens is 330 g/mol. The Morgan fingerprint density at radius 1 is 1.31 bits per heavy atom. The fraction of sp³-hybridized carbons (Fsp3) is 0.650. The highest BCUT2D eigenvalue weighted by Gasteiger charge is 2.17. The molecule has 0 radical (unpaired) electrons. The number of phenolic OH excluding ortho intramolecular Hbond substituents is 1. The summed E-state index contributed by atoms with van der Waals surface area (Å²) in [6.07, 6.45) is 6.78. The Bertz CT molecular complexity index is 613. The first-order valence-corrected chi connectivity index (χ1v) is 9.74. The van der Waals surface area contributed by atoms with Crippen LogP contribution in [0.4, 0.5) is 0 Å². The topological polar surface area (TPSA) is 75.1 Å². The van der Waals surface area contributed by atoms with E-state index in [9.17, 15) is 5.11 Å². The summed E-state index contributed by atoms with van der Waals surface area (Å²) in [5, 5.41) is 16.9. The Morgan fingerprint density at radius 3 is 3.00 bits per heavy atom. The second-order valence-corrected chi connectivity index (χ2v) is 6.97. The van der Waals surface area contributed by atoms with Gasteiger partial charge < -0.3 is 25.2 Å². The highest BCUT2D eigenvalue weighted by molar-refractivity contribution is 5.79. The molecule has 1 heterocycles. The van der Waals surface area contributed by atoms with Crippen molar-refractivity contribution in [2.45, 2.75) is 51.2 Å². The van der Waals surface area contributed by atoms with E-state index in [1.54, 1.807) is 7.05 Å². The molecule has 144 valence electrons. The molecule has 1 aliphatic heterocycles. The third-order valence-electron chi connectivity index (χ3n) is 5.14. The standard InChI is InChI=1S/C20H31N3O3/c1-21-20(22-10-4-11-26-16-9-12-25-14-16)23-13-18-17-6-3-2-5-15(17)7-8-19(18)24/h7-8,16,24H,2-6,9-14H2,1H3,(H2,21,22,23). The van der Waals surface area contributed by atoms with Crippen LogP contribution < -0.4 is 10.6 Å². The molecule has 1 unspecified atom stereocenters. The van der Waals surface area contributed by atoms with Gasteiger partial charge in [-0.25, -0.2) is 0 Å². The van der Waals surface area contributed by atoms with E-state index in [1.807, 2.05) is 6.07 Å². The number of aliphatic imine (C=N–C) groups is 1. The van der Waals surface area contributed by atoms with Crippen LogP contribution in [0, 0.1) is 0 Å². The van der Waals surface area contributed by atoms with Crippen LogP contribution in [-0.2, 0) is 28.9 Å². The lowest BCUT2D eigenvalue weighted by atomic mass is 9.88. The number of aryl methyl sites for hydroxylation is 1. The van der Waals surface area contributed by atoms with E-state index in [0.717, 1.165) is 63.6 Å². The van der Waals surface area contributed by atoms with Gasteiger partial charge in [-0.2, -0.15) is 0 Å². The van der Waals surface area contributed by atoms with Crippen molar-refractivity contribution in [3.8, 4) is 5.75 Å². The minimum absolute atomic E-state index is 0.264. The van der Waals surface area contributed by atoms with E-state index in [4.69, 9.17) is 9.47 Å². The van der Waals surface area contributed by atoms with Crippen molar-refractivity contribution < 1.29 is 14.6 Å². The quantitative estimate of drug-likeness (QED) is 0.394. The molecule has 6 heteroatoms. The second kappa shape index (κ2) is 9.78. The number of phenols is 1. The molecule has 26 heavy (non-hydrogen) atoms. The van der Waals surface area contributed by atoms with E-state index in [-0.39, 0.29) is 6.10 Å². The number of ether oxygens (including phenoxy) is 2. The number of guanidine groups is 1. The molecule has 0 aromatic heterocycles. The van der Waals surface area contributed by atoms with Gasteiger partial charge in [0.15, 0.2) is 5.96 Å². The zero-order chi connectivity index (χ0) is 18.2. The first kappa shape index (κ1) is 19.0. The van der Waals surface area contributed by atoms with Gasteiger partial charge in [-0.05, 0) is 55.7 Å². The van der Waals surface area contributed by atoms with Crippen LogP contribution in [0.2, 0.25) is 0 Å². The van der Waals surface area contributed by atoms with Crippen LogP contribution in [0.1, 0.15) is 42.4 Å². The fourth-order valence-corrected chi connectivity index (χ4v) is 3.66. The van der Waals surface area contributed by atoms with Crippen molar-refractivity contribution in [2.75, 3.05) is 33.4 Å². The largest absolute Gasteiger partial charge is 0.508 e. The summed E-state index contributed by atoms with van der Waals surface area (Å²) < 4.78 is 11.1. The van der Waals surface area contributed by atoms with E-state index < -0.39 is 0 Å². The van der Waals surface area contributed by atoms with Gasteiger partial charge in [0.25, 0.3) is 0 Å². The van der Waals surface area contributed by atoms with E-state index in [1.165, 1.54) is 24.0 Å². The number of aromatic hydroxyl groups is 1. The zero-order valence-electron chi connectivity index (χ0n) is 15.7. The number of rotatable bonds is 7. The molecule has 1 aromatic rings. The third-order valence-corrected chi connectivity index (χ3v) is 5.14. The molecule has 6 nitrogen and oxygen atoms in total. The van der Waals surface area contributed by atoms with Crippen LogP contribution in [0.3, 0.4) is 0 Å². The number of hydrogen-bond acceptors (Lipinski definition) is 4. The van der Waals surface area contributed by atoms with E-state index in [0.29, 0.717) is 12.3 Å². The normalized spacial score (nSPS) is 20.0. The highest BCUT2D eigenvalue weighted by Crippen LogP contribution is 2.30. The summed E-state index contributed by atoms with van der Waals surface area (Å²) in [5.74, 6) is 1.13. The lowest BCUT2D eigenvalue weighted by molar-refractivity contribution is 0.0420. The second-order valence-electron chi connectivity index (χ2n) is 6.97. The Balaban J connectivity index is 1.43. The molecule has 1 fully saturated rings. The summed E-state index contributed by atoms with van der Waals surface area (Å²) in [4.78, 5) is 4.27. The molecule has 3 rings (SSSR count). The average Bonchev–Trinajstić information content (AvgIpc) is 3.18. The predicted molar refractivity (Wildman–Crippen MR) is 103 cm³/mol. The van der Waals surface area contributed by atoms with Gasteiger partial charge in [-0.3, -0.25) is 4.99 Å². The van der Waals surface area contributed by atoms with Gasteiger partial charge in [-0.1, -0.05) is 6.07 Å². The van der Waals surface area contributed by atoms with Gasteiger partial charge in [0.2, 0.25) is 0 Å². The summed E-state index contributed by atoms with van der Waals surface area (Å²) in [6.45, 7) is 3.65. The Kier molecular flexibility index (Phi) is 7.14. The summed E-state index contributed by atoms with van der Waals surface area (Å²) >= 11 is 0. The van der Waals surface area contributed by atoms with Crippen LogP contribution in [0.25, 0.3) is 0 Å². The zero-order valence-corrected chi connectivity index (χ0v) is 15.7. The fourth-order valence-electron chi connectivity index (χ4n) is 3.66. The molecular formula is C20H31N3O3. The van der Waals surface area contributed by atoms with Crippen molar-refractivity contribution in [1.82, 2.24) is 10.6 Å². The Labute approximate surface area is 156 Å². The first-order chi connectivity index (χ1) is 12.8. The van der Waals surface area contributed by atoms with E-state index in [2.05, 4.69) is 21.7 Å². The Morgan fingerprint density at radius 2 is 2.19 bits per heavy atom. The van der Waals surface area contributed by atoms with Crippen molar-refractivity contribution >= 4 is 5.96 Å². The Hall–Kier alpha value is -1.79. The average molecular weight is 361 g/mol. The smallest absolute Gasteiger partial charge is 0.191 e. The molecule has 1 atom stereocenters. The maximum atomic E-state index is 10.3. The van der Waals surface area contributed by atoms with Crippen LogP contribution in [-0.4, -0.2) is 50.6 Å². The van der Waals surface area contributed by atoms with Crippen LogP contribution >= 0.6 is 0 Å².